The topological polar surface area (TPSA) is 128 Å². The molecular weight excluding hydrogens is 413 g/mol. The minimum absolute atomic E-state index is 0.00357. The highest BCUT2D eigenvalue weighted by molar-refractivity contribution is 7.92. The second-order valence-corrected chi connectivity index (χ2v) is 9.01. The molecule has 1 amide bonds. The fourth-order valence-electron chi connectivity index (χ4n) is 3.05. The summed E-state index contributed by atoms with van der Waals surface area (Å²) in [7, 11) is -1.65. The Morgan fingerprint density at radius 1 is 1.29 bits per heavy atom. The maximum atomic E-state index is 15.8. The SMILES string of the molecule is COc1cc(OC)nc(C2(O)CCCC2(F)C(=O)NS(=O)(=O)c2cccs2)n1. The summed E-state index contributed by atoms with van der Waals surface area (Å²) >= 11 is 0.874. The molecule has 2 N–H and O–H groups in total. The second-order valence-electron chi connectivity index (χ2n) is 6.16. The molecule has 0 radical (unpaired) electrons. The monoisotopic (exact) mass is 431 g/mol. The van der Waals surface area contributed by atoms with E-state index in [1.165, 1.54) is 37.8 Å². The highest BCUT2D eigenvalue weighted by Crippen LogP contribution is 2.49. The van der Waals surface area contributed by atoms with Gasteiger partial charge in [0.25, 0.3) is 15.9 Å². The van der Waals surface area contributed by atoms with E-state index in [2.05, 4.69) is 9.97 Å². The van der Waals surface area contributed by atoms with Crippen molar-refractivity contribution in [1.82, 2.24) is 14.7 Å². The molecule has 0 aromatic carbocycles. The number of carbonyl (C=O) groups excluding carboxylic acids is 1. The quantitative estimate of drug-likeness (QED) is 0.697. The summed E-state index contributed by atoms with van der Waals surface area (Å²) in [4.78, 5) is 20.5. The molecule has 0 bridgehead atoms. The van der Waals surface area contributed by atoms with Crippen LogP contribution in [0.3, 0.4) is 0 Å². The first-order valence-electron chi connectivity index (χ1n) is 8.16. The second kappa shape index (κ2) is 7.26. The number of carbonyl (C=O) groups is 1. The van der Waals surface area contributed by atoms with Crippen LogP contribution >= 0.6 is 11.3 Å². The summed E-state index contributed by atoms with van der Waals surface area (Å²) in [5.74, 6) is -1.91. The van der Waals surface area contributed by atoms with Crippen molar-refractivity contribution in [3.05, 3.63) is 29.4 Å². The first kappa shape index (κ1) is 20.4. The van der Waals surface area contributed by atoms with Crippen LogP contribution in [0.25, 0.3) is 0 Å². The number of sulfonamides is 1. The lowest BCUT2D eigenvalue weighted by atomic mass is 9.86. The van der Waals surface area contributed by atoms with Crippen molar-refractivity contribution in [3.63, 3.8) is 0 Å². The Balaban J connectivity index is 1.99. The zero-order chi connectivity index (χ0) is 20.6. The minimum Gasteiger partial charge on any atom is -0.481 e. The Labute approximate surface area is 164 Å². The van der Waals surface area contributed by atoms with Gasteiger partial charge in [0.15, 0.2) is 11.4 Å². The number of aromatic nitrogens is 2. The highest BCUT2D eigenvalue weighted by Gasteiger charge is 2.63. The van der Waals surface area contributed by atoms with Gasteiger partial charge in [0.2, 0.25) is 17.4 Å². The van der Waals surface area contributed by atoms with Gasteiger partial charge in [-0.2, -0.15) is 9.97 Å². The van der Waals surface area contributed by atoms with Crippen LogP contribution in [0.4, 0.5) is 4.39 Å². The van der Waals surface area contributed by atoms with Gasteiger partial charge >= 0.3 is 0 Å². The van der Waals surface area contributed by atoms with Gasteiger partial charge in [0.05, 0.1) is 20.3 Å². The third kappa shape index (κ3) is 3.31. The smallest absolute Gasteiger partial charge is 0.274 e. The Morgan fingerprint density at radius 3 is 2.46 bits per heavy atom. The summed E-state index contributed by atoms with van der Waals surface area (Å²) in [6, 6.07) is 4.09. The Hall–Kier alpha value is -2.31. The highest BCUT2D eigenvalue weighted by atomic mass is 32.2. The van der Waals surface area contributed by atoms with Crippen LogP contribution in [-0.2, 0) is 20.4 Å². The van der Waals surface area contributed by atoms with Gasteiger partial charge in [-0.1, -0.05) is 6.07 Å². The standard InChI is InChI=1S/C16H18FN3O6S2/c1-25-10-9-11(26-2)19-13(18-10)16(22)7-4-6-15(16,17)14(21)20-28(23,24)12-5-3-8-27-12/h3,5,8-9,22H,4,6-7H2,1-2H3,(H,20,21). The molecule has 0 aliphatic heterocycles. The summed E-state index contributed by atoms with van der Waals surface area (Å²) in [5, 5.41) is 12.6. The van der Waals surface area contributed by atoms with Crippen LogP contribution in [0.1, 0.15) is 25.1 Å². The van der Waals surface area contributed by atoms with Crippen LogP contribution in [-0.4, -0.2) is 49.3 Å². The van der Waals surface area contributed by atoms with E-state index >= 15 is 4.39 Å². The van der Waals surface area contributed by atoms with E-state index in [0.717, 1.165) is 11.3 Å². The van der Waals surface area contributed by atoms with E-state index in [9.17, 15) is 18.3 Å². The molecule has 1 saturated carbocycles. The fourth-order valence-corrected chi connectivity index (χ4v) is 5.06. The van der Waals surface area contributed by atoms with Crippen LogP contribution in [0.2, 0.25) is 0 Å². The number of ether oxygens (including phenoxy) is 2. The molecule has 0 spiro atoms. The van der Waals surface area contributed by atoms with Crippen LogP contribution in [0.5, 0.6) is 11.8 Å². The number of thiophene rings is 1. The molecule has 3 rings (SSSR count). The molecule has 12 heteroatoms. The number of methoxy groups -OCH3 is 2. The summed E-state index contributed by atoms with van der Waals surface area (Å²) in [6.07, 6.45) is -0.479. The molecule has 1 aliphatic rings. The van der Waals surface area contributed by atoms with Crippen molar-refractivity contribution in [1.29, 1.82) is 0 Å². The van der Waals surface area contributed by atoms with Crippen molar-refractivity contribution in [3.8, 4) is 11.8 Å². The van der Waals surface area contributed by atoms with Gasteiger partial charge in [-0.25, -0.2) is 17.5 Å². The number of amides is 1. The molecule has 2 atom stereocenters. The Morgan fingerprint density at radius 2 is 1.93 bits per heavy atom. The number of aliphatic hydroxyl groups is 1. The third-order valence-corrected chi connectivity index (χ3v) is 7.26. The molecule has 2 heterocycles. The predicted octanol–water partition coefficient (Wildman–Crippen LogP) is 1.14. The Bertz CT molecular complexity index is 962. The van der Waals surface area contributed by atoms with Crippen LogP contribution < -0.4 is 14.2 Å². The predicted molar refractivity (Wildman–Crippen MR) is 96.4 cm³/mol. The van der Waals surface area contributed by atoms with Crippen molar-refractivity contribution in [2.24, 2.45) is 0 Å². The first-order valence-corrected chi connectivity index (χ1v) is 10.5. The van der Waals surface area contributed by atoms with Gasteiger partial charge in [-0.3, -0.25) is 4.79 Å². The van der Waals surface area contributed by atoms with Gasteiger partial charge in [-0.05, 0) is 30.7 Å². The molecule has 1 fully saturated rings. The maximum Gasteiger partial charge on any atom is 0.274 e. The number of nitrogens with zero attached hydrogens (tertiary/aromatic N) is 2. The third-order valence-electron chi connectivity index (χ3n) is 4.53. The van der Waals surface area contributed by atoms with Crippen molar-refractivity contribution in [2.45, 2.75) is 34.7 Å². The molecular formula is C16H18FN3O6S2. The molecule has 2 aromatic rings. The van der Waals surface area contributed by atoms with E-state index < -0.39 is 39.4 Å². The van der Waals surface area contributed by atoms with Crippen LogP contribution in [0.15, 0.2) is 27.8 Å². The zero-order valence-corrected chi connectivity index (χ0v) is 16.6. The zero-order valence-electron chi connectivity index (χ0n) is 15.0. The van der Waals surface area contributed by atoms with Crippen molar-refractivity contribution >= 4 is 27.3 Å². The van der Waals surface area contributed by atoms with E-state index in [0.29, 0.717) is 0 Å². The minimum atomic E-state index is -4.27. The lowest BCUT2D eigenvalue weighted by Crippen LogP contribution is -2.56. The van der Waals surface area contributed by atoms with E-state index in [1.54, 1.807) is 4.72 Å². The summed E-state index contributed by atoms with van der Waals surface area (Å²) in [6.45, 7) is 0. The molecule has 0 saturated heterocycles. The molecule has 2 aromatic heterocycles. The number of halogens is 1. The molecule has 1 aliphatic carbocycles. The average molecular weight is 431 g/mol. The van der Waals surface area contributed by atoms with E-state index in [1.807, 2.05) is 0 Å². The molecule has 152 valence electrons. The largest absolute Gasteiger partial charge is 0.481 e. The van der Waals surface area contributed by atoms with Crippen LogP contribution in [0, 0.1) is 0 Å². The van der Waals surface area contributed by atoms with Gasteiger partial charge in [0, 0.05) is 0 Å². The Kier molecular flexibility index (Phi) is 5.30. The van der Waals surface area contributed by atoms with Gasteiger partial charge in [0.1, 0.15) is 4.21 Å². The molecule has 9 nitrogen and oxygen atoms in total. The summed E-state index contributed by atoms with van der Waals surface area (Å²) < 4.78 is 52.0. The lowest BCUT2D eigenvalue weighted by Gasteiger charge is -2.33. The normalized spacial score (nSPS) is 24.7. The fraction of sp³-hybridized carbons (Fsp3) is 0.438. The van der Waals surface area contributed by atoms with Gasteiger partial charge in [-0.15, -0.1) is 11.3 Å². The van der Waals surface area contributed by atoms with Crippen molar-refractivity contribution in [2.75, 3.05) is 14.2 Å². The average Bonchev–Trinajstić information content (AvgIpc) is 3.31. The number of hydrogen-bond acceptors (Lipinski definition) is 9. The number of alkyl halides is 1. The molecule has 28 heavy (non-hydrogen) atoms. The van der Waals surface area contributed by atoms with E-state index in [-0.39, 0.29) is 28.8 Å². The van der Waals surface area contributed by atoms with E-state index in [4.69, 9.17) is 9.47 Å². The maximum absolute atomic E-state index is 15.8. The number of rotatable bonds is 6. The van der Waals surface area contributed by atoms with Crippen molar-refractivity contribution < 1.29 is 32.2 Å². The first-order chi connectivity index (χ1) is 13.2. The summed E-state index contributed by atoms with van der Waals surface area (Å²) in [5.41, 5.74) is -5.42. The molecule has 2 unspecified atom stereocenters. The van der Waals surface area contributed by atoms with Gasteiger partial charge < -0.3 is 14.6 Å². The number of nitrogens with one attached hydrogen (secondary N) is 1. The lowest BCUT2D eigenvalue weighted by molar-refractivity contribution is -0.152. The number of hydrogen-bond donors (Lipinski definition) is 2.